The van der Waals surface area contributed by atoms with Crippen LogP contribution in [0.1, 0.15) is 25.3 Å². The molecule has 5 nitrogen and oxygen atoms in total. The first kappa shape index (κ1) is 15.5. The van der Waals surface area contributed by atoms with Gasteiger partial charge in [-0.05, 0) is 25.3 Å². The molecule has 21 heavy (non-hydrogen) atoms. The van der Waals surface area contributed by atoms with Crippen LogP contribution in [0.5, 0.6) is 0 Å². The van der Waals surface area contributed by atoms with Gasteiger partial charge in [-0.25, -0.2) is 0 Å². The van der Waals surface area contributed by atoms with Crippen molar-refractivity contribution in [2.75, 3.05) is 13.1 Å². The number of carboxylic acids is 1. The van der Waals surface area contributed by atoms with Crippen LogP contribution in [0.2, 0.25) is 0 Å². The number of hydrogen-bond donors (Lipinski definition) is 1. The normalized spacial score (nSPS) is 17.5. The minimum absolute atomic E-state index is 0.0604. The maximum Gasteiger partial charge on any atom is 0.306 e. The highest BCUT2D eigenvalue weighted by Gasteiger charge is 2.29. The number of ether oxygens (including phenoxy) is 1. The van der Waals surface area contributed by atoms with Gasteiger partial charge in [0.25, 0.3) is 5.91 Å². The first-order valence-corrected chi connectivity index (χ1v) is 7.25. The number of carbonyl (C=O) groups excluding carboxylic acids is 1. The Kier molecular flexibility index (Phi) is 5.33. The van der Waals surface area contributed by atoms with Gasteiger partial charge in [0.1, 0.15) is 6.10 Å². The van der Waals surface area contributed by atoms with Crippen molar-refractivity contribution in [2.24, 2.45) is 5.92 Å². The summed E-state index contributed by atoms with van der Waals surface area (Å²) >= 11 is 0. The maximum absolute atomic E-state index is 12.2. The summed E-state index contributed by atoms with van der Waals surface area (Å²) in [6, 6.07) is 9.71. The average Bonchev–Trinajstić information content (AvgIpc) is 2.53. The molecule has 0 bridgehead atoms. The van der Waals surface area contributed by atoms with Crippen molar-refractivity contribution in [3.63, 3.8) is 0 Å². The summed E-state index contributed by atoms with van der Waals surface area (Å²) in [6.45, 7) is 3.14. The lowest BCUT2D eigenvalue weighted by molar-refractivity contribution is -0.150. The van der Waals surface area contributed by atoms with E-state index in [4.69, 9.17) is 9.84 Å². The fourth-order valence-electron chi connectivity index (χ4n) is 2.47. The van der Waals surface area contributed by atoms with Crippen LogP contribution in [0.4, 0.5) is 0 Å². The Morgan fingerprint density at radius 1 is 1.29 bits per heavy atom. The van der Waals surface area contributed by atoms with Crippen molar-refractivity contribution >= 4 is 11.9 Å². The van der Waals surface area contributed by atoms with E-state index in [1.165, 1.54) is 0 Å². The average molecular weight is 291 g/mol. The Labute approximate surface area is 124 Å². The van der Waals surface area contributed by atoms with Crippen LogP contribution in [0.3, 0.4) is 0 Å². The second kappa shape index (κ2) is 7.22. The molecule has 1 atom stereocenters. The van der Waals surface area contributed by atoms with E-state index in [1.54, 1.807) is 11.8 Å². The maximum atomic E-state index is 12.2. The second-order valence-corrected chi connectivity index (χ2v) is 5.38. The SMILES string of the molecule is CC(OCc1ccccc1)C(=O)N1CCC(C(=O)O)CC1. The highest BCUT2D eigenvalue weighted by molar-refractivity contribution is 5.81. The summed E-state index contributed by atoms with van der Waals surface area (Å²) in [4.78, 5) is 24.8. The molecule has 1 N–H and O–H groups in total. The first-order chi connectivity index (χ1) is 10.1. The van der Waals surface area contributed by atoms with Crippen LogP contribution in [0, 0.1) is 5.92 Å². The van der Waals surface area contributed by atoms with Gasteiger partial charge < -0.3 is 14.7 Å². The monoisotopic (exact) mass is 291 g/mol. The topological polar surface area (TPSA) is 66.8 Å². The number of likely N-dealkylation sites (tertiary alicyclic amines) is 1. The zero-order chi connectivity index (χ0) is 15.2. The third-order valence-corrected chi connectivity index (χ3v) is 3.85. The van der Waals surface area contributed by atoms with Crippen LogP contribution in [0.15, 0.2) is 30.3 Å². The Morgan fingerprint density at radius 2 is 1.90 bits per heavy atom. The number of nitrogens with zero attached hydrogens (tertiary/aromatic N) is 1. The number of piperidine rings is 1. The third-order valence-electron chi connectivity index (χ3n) is 3.85. The zero-order valence-electron chi connectivity index (χ0n) is 12.2. The number of hydrogen-bond acceptors (Lipinski definition) is 3. The van der Waals surface area contributed by atoms with Gasteiger partial charge in [-0.2, -0.15) is 0 Å². The zero-order valence-corrected chi connectivity index (χ0v) is 12.2. The van der Waals surface area contributed by atoms with Crippen molar-refractivity contribution in [2.45, 2.75) is 32.5 Å². The van der Waals surface area contributed by atoms with E-state index in [0.717, 1.165) is 5.56 Å². The molecule has 2 rings (SSSR count). The first-order valence-electron chi connectivity index (χ1n) is 7.25. The molecule has 1 aromatic carbocycles. The van der Waals surface area contributed by atoms with E-state index in [0.29, 0.717) is 32.5 Å². The van der Waals surface area contributed by atoms with E-state index >= 15 is 0 Å². The van der Waals surface area contributed by atoms with E-state index in [2.05, 4.69) is 0 Å². The van der Waals surface area contributed by atoms with Crippen LogP contribution < -0.4 is 0 Å². The number of benzene rings is 1. The summed E-state index contributed by atoms with van der Waals surface area (Å²) < 4.78 is 5.61. The van der Waals surface area contributed by atoms with Gasteiger partial charge in [-0.1, -0.05) is 30.3 Å². The molecule has 1 heterocycles. The predicted octanol–water partition coefficient (Wildman–Crippen LogP) is 1.91. The van der Waals surface area contributed by atoms with E-state index < -0.39 is 12.1 Å². The quantitative estimate of drug-likeness (QED) is 0.900. The molecule has 1 saturated heterocycles. The lowest BCUT2D eigenvalue weighted by Crippen LogP contribution is -2.44. The van der Waals surface area contributed by atoms with Gasteiger partial charge in [-0.15, -0.1) is 0 Å². The van der Waals surface area contributed by atoms with Crippen molar-refractivity contribution in [1.29, 1.82) is 0 Å². The van der Waals surface area contributed by atoms with Gasteiger partial charge in [0, 0.05) is 13.1 Å². The standard InChI is InChI=1S/C16H21NO4/c1-12(21-11-13-5-3-2-4-6-13)15(18)17-9-7-14(8-10-17)16(19)20/h2-6,12,14H,7-11H2,1H3,(H,19,20). The Bertz CT molecular complexity index is 480. The van der Waals surface area contributed by atoms with Crippen molar-refractivity contribution in [1.82, 2.24) is 4.90 Å². The minimum Gasteiger partial charge on any atom is -0.481 e. The molecule has 1 aliphatic heterocycles. The summed E-state index contributed by atoms with van der Waals surface area (Å²) in [5.41, 5.74) is 1.03. The minimum atomic E-state index is -0.768. The number of rotatable bonds is 5. The predicted molar refractivity (Wildman–Crippen MR) is 77.6 cm³/mol. The molecular formula is C16H21NO4. The van der Waals surface area contributed by atoms with E-state index in [-0.39, 0.29) is 11.8 Å². The summed E-state index contributed by atoms with van der Waals surface area (Å²) in [6.07, 6.45) is 0.533. The Hall–Kier alpha value is -1.88. The molecule has 0 aromatic heterocycles. The summed E-state index contributed by atoms with van der Waals surface area (Å²) in [5.74, 6) is -1.15. The molecule has 1 fully saturated rings. The van der Waals surface area contributed by atoms with Gasteiger partial charge in [0.2, 0.25) is 0 Å². The molecule has 0 radical (unpaired) electrons. The van der Waals surface area contributed by atoms with Gasteiger partial charge >= 0.3 is 5.97 Å². The van der Waals surface area contributed by atoms with Crippen LogP contribution >= 0.6 is 0 Å². The number of carboxylic acid groups (broad SMARTS) is 1. The molecule has 114 valence electrons. The molecule has 5 heteroatoms. The molecule has 1 aromatic rings. The number of amides is 1. The fraction of sp³-hybridized carbons (Fsp3) is 0.500. The van der Waals surface area contributed by atoms with Gasteiger partial charge in [-0.3, -0.25) is 9.59 Å². The third kappa shape index (κ3) is 4.29. The Balaban J connectivity index is 1.79. The lowest BCUT2D eigenvalue weighted by Gasteiger charge is -2.31. The molecule has 1 aliphatic rings. The fourth-order valence-corrected chi connectivity index (χ4v) is 2.47. The van der Waals surface area contributed by atoms with Crippen molar-refractivity contribution in [3.05, 3.63) is 35.9 Å². The number of carbonyl (C=O) groups is 2. The van der Waals surface area contributed by atoms with E-state index in [1.807, 2.05) is 30.3 Å². The molecule has 0 aliphatic carbocycles. The van der Waals surface area contributed by atoms with Crippen LogP contribution in [-0.4, -0.2) is 41.1 Å². The lowest BCUT2D eigenvalue weighted by atomic mass is 9.97. The highest BCUT2D eigenvalue weighted by atomic mass is 16.5. The Morgan fingerprint density at radius 3 is 2.48 bits per heavy atom. The van der Waals surface area contributed by atoms with Gasteiger partial charge in [0.05, 0.1) is 12.5 Å². The summed E-state index contributed by atoms with van der Waals surface area (Å²) in [5, 5.41) is 8.95. The summed E-state index contributed by atoms with van der Waals surface area (Å²) in [7, 11) is 0. The van der Waals surface area contributed by atoms with Gasteiger partial charge in [0.15, 0.2) is 0 Å². The van der Waals surface area contributed by atoms with Crippen LogP contribution in [0.25, 0.3) is 0 Å². The number of aliphatic carboxylic acids is 1. The largest absolute Gasteiger partial charge is 0.481 e. The molecule has 1 unspecified atom stereocenters. The van der Waals surface area contributed by atoms with E-state index in [9.17, 15) is 9.59 Å². The molecule has 0 saturated carbocycles. The van der Waals surface area contributed by atoms with Crippen molar-refractivity contribution < 1.29 is 19.4 Å². The molecule has 1 amide bonds. The highest BCUT2D eigenvalue weighted by Crippen LogP contribution is 2.18. The van der Waals surface area contributed by atoms with Crippen LogP contribution in [-0.2, 0) is 20.9 Å². The smallest absolute Gasteiger partial charge is 0.306 e. The van der Waals surface area contributed by atoms with Crippen molar-refractivity contribution in [3.8, 4) is 0 Å². The molecular weight excluding hydrogens is 270 g/mol. The second-order valence-electron chi connectivity index (χ2n) is 5.38. The molecule has 0 spiro atoms.